The first-order valence-electron chi connectivity index (χ1n) is 11.3. The second kappa shape index (κ2) is 10.7. The molecule has 178 valence electrons. The first-order chi connectivity index (χ1) is 16.4. The minimum atomic E-state index is -0.218. The molecule has 1 fully saturated rings. The first-order valence-corrected chi connectivity index (χ1v) is 11.7. The van der Waals surface area contributed by atoms with Gasteiger partial charge in [0.1, 0.15) is 5.75 Å². The van der Waals surface area contributed by atoms with Crippen molar-refractivity contribution in [1.82, 2.24) is 4.90 Å². The number of carbonyl (C=O) groups excluding carboxylic acids is 2. The lowest BCUT2D eigenvalue weighted by molar-refractivity contribution is 0.0714. The topological polar surface area (TPSA) is 75.0 Å². The van der Waals surface area contributed by atoms with Crippen molar-refractivity contribution in [3.05, 3.63) is 77.2 Å². The highest BCUT2D eigenvalue weighted by atomic mass is 35.5. The van der Waals surface area contributed by atoms with E-state index >= 15 is 0 Å². The number of carbonyl (C=O) groups is 2. The summed E-state index contributed by atoms with van der Waals surface area (Å²) in [4.78, 5) is 29.0. The van der Waals surface area contributed by atoms with E-state index in [0.717, 1.165) is 11.4 Å². The van der Waals surface area contributed by atoms with Crippen molar-refractivity contribution in [2.45, 2.75) is 13.8 Å². The molecular formula is C26H28ClN3O4. The molecule has 4 rings (SSSR count). The minimum Gasteiger partial charge on any atom is -0.493 e. The van der Waals surface area contributed by atoms with Gasteiger partial charge in [-0.25, -0.2) is 0 Å². The number of furan rings is 1. The summed E-state index contributed by atoms with van der Waals surface area (Å²) >= 11 is 6.55. The standard InChI is InChI=1S/C26H28ClN3O4/c1-18(2)17-34-21-8-5-19(6-9-21)25(31)28-20-7-10-23(22(27)16-20)29-11-13-30(14-12-29)26(32)24-4-3-15-33-24/h3-10,15-16,18H,11-14,17H2,1-2H3,(H,28,31). The van der Waals surface area contributed by atoms with Crippen LogP contribution >= 0.6 is 11.6 Å². The molecule has 2 amide bonds. The van der Waals surface area contributed by atoms with Crippen LogP contribution in [0.1, 0.15) is 34.8 Å². The summed E-state index contributed by atoms with van der Waals surface area (Å²) in [6, 6.07) is 15.9. The van der Waals surface area contributed by atoms with Crippen molar-refractivity contribution in [2.75, 3.05) is 43.0 Å². The Kier molecular flexibility index (Phi) is 7.43. The van der Waals surface area contributed by atoms with Gasteiger partial charge >= 0.3 is 0 Å². The quantitative estimate of drug-likeness (QED) is 0.503. The van der Waals surface area contributed by atoms with Crippen molar-refractivity contribution >= 4 is 34.8 Å². The van der Waals surface area contributed by atoms with E-state index in [1.165, 1.54) is 6.26 Å². The number of halogens is 1. The third-order valence-corrected chi connectivity index (χ3v) is 5.85. The molecule has 7 nitrogen and oxygen atoms in total. The van der Waals surface area contributed by atoms with E-state index in [2.05, 4.69) is 24.1 Å². The molecule has 2 aromatic carbocycles. The fraction of sp³-hybridized carbons (Fsp3) is 0.308. The molecule has 1 aliphatic heterocycles. The maximum atomic E-state index is 12.6. The van der Waals surface area contributed by atoms with Gasteiger partial charge in [-0.1, -0.05) is 25.4 Å². The number of piperazine rings is 1. The van der Waals surface area contributed by atoms with E-state index in [1.807, 2.05) is 12.1 Å². The summed E-state index contributed by atoms with van der Waals surface area (Å²) in [5.41, 5.74) is 2.02. The van der Waals surface area contributed by atoms with E-state index in [4.69, 9.17) is 20.8 Å². The SMILES string of the molecule is CC(C)COc1ccc(C(=O)Nc2ccc(N3CCN(C(=O)c4ccco4)CC3)c(Cl)c2)cc1. The van der Waals surface area contributed by atoms with Gasteiger partial charge in [0.25, 0.3) is 11.8 Å². The maximum Gasteiger partial charge on any atom is 0.289 e. The van der Waals surface area contributed by atoms with Crippen molar-refractivity contribution < 1.29 is 18.7 Å². The van der Waals surface area contributed by atoms with E-state index in [1.54, 1.807) is 47.4 Å². The molecule has 1 N–H and O–H groups in total. The largest absolute Gasteiger partial charge is 0.493 e. The predicted molar refractivity (Wildman–Crippen MR) is 133 cm³/mol. The molecule has 8 heteroatoms. The van der Waals surface area contributed by atoms with Gasteiger partial charge in [0, 0.05) is 37.4 Å². The van der Waals surface area contributed by atoms with Gasteiger partial charge in [0.05, 0.1) is 23.6 Å². The third kappa shape index (κ3) is 5.72. The van der Waals surface area contributed by atoms with E-state index in [-0.39, 0.29) is 11.8 Å². The molecule has 1 aliphatic rings. The molecule has 0 atom stereocenters. The Morgan fingerprint density at radius 1 is 1.06 bits per heavy atom. The van der Waals surface area contributed by atoms with Crippen molar-refractivity contribution in [1.29, 1.82) is 0 Å². The number of hydrogen-bond acceptors (Lipinski definition) is 5. The minimum absolute atomic E-state index is 0.103. The van der Waals surface area contributed by atoms with Gasteiger partial charge in [-0.3, -0.25) is 9.59 Å². The summed E-state index contributed by atoms with van der Waals surface area (Å²) < 4.78 is 10.9. The molecule has 0 aliphatic carbocycles. The molecule has 3 aromatic rings. The van der Waals surface area contributed by atoms with Crippen molar-refractivity contribution in [3.8, 4) is 5.75 Å². The molecular weight excluding hydrogens is 454 g/mol. The van der Waals surface area contributed by atoms with Crippen LogP contribution < -0.4 is 15.0 Å². The highest BCUT2D eigenvalue weighted by Gasteiger charge is 2.24. The van der Waals surface area contributed by atoms with Crippen LogP contribution in [0.2, 0.25) is 5.02 Å². The number of amides is 2. The zero-order valence-corrected chi connectivity index (χ0v) is 20.0. The summed E-state index contributed by atoms with van der Waals surface area (Å²) in [5, 5.41) is 3.43. The molecule has 2 heterocycles. The lowest BCUT2D eigenvalue weighted by Gasteiger charge is -2.36. The lowest BCUT2D eigenvalue weighted by Crippen LogP contribution is -2.48. The van der Waals surface area contributed by atoms with Gasteiger partial charge in [0.2, 0.25) is 0 Å². The average molecular weight is 482 g/mol. The Morgan fingerprint density at radius 3 is 2.41 bits per heavy atom. The molecule has 0 saturated carbocycles. The zero-order chi connectivity index (χ0) is 24.1. The van der Waals surface area contributed by atoms with Gasteiger partial charge < -0.3 is 24.3 Å². The number of rotatable bonds is 7. The molecule has 34 heavy (non-hydrogen) atoms. The smallest absolute Gasteiger partial charge is 0.289 e. The number of nitrogens with one attached hydrogen (secondary N) is 1. The highest BCUT2D eigenvalue weighted by Crippen LogP contribution is 2.30. The van der Waals surface area contributed by atoms with Gasteiger partial charge in [-0.2, -0.15) is 0 Å². The summed E-state index contributed by atoms with van der Waals surface area (Å²) in [6.45, 7) is 7.26. The average Bonchev–Trinajstić information content (AvgIpc) is 3.38. The fourth-order valence-corrected chi connectivity index (χ4v) is 4.02. The van der Waals surface area contributed by atoms with Crippen LogP contribution in [0.25, 0.3) is 0 Å². The molecule has 0 bridgehead atoms. The summed E-state index contributed by atoms with van der Waals surface area (Å²) in [7, 11) is 0. The van der Waals surface area contributed by atoms with Crippen LogP contribution in [0.4, 0.5) is 11.4 Å². The predicted octanol–water partition coefficient (Wildman–Crippen LogP) is 5.18. The summed E-state index contributed by atoms with van der Waals surface area (Å²) in [6.07, 6.45) is 1.50. The van der Waals surface area contributed by atoms with Gasteiger partial charge in [0.15, 0.2) is 5.76 Å². The van der Waals surface area contributed by atoms with Gasteiger partial charge in [-0.15, -0.1) is 0 Å². The first kappa shape index (κ1) is 23.7. The highest BCUT2D eigenvalue weighted by molar-refractivity contribution is 6.33. The molecule has 1 aromatic heterocycles. The Bertz CT molecular complexity index is 1120. The van der Waals surface area contributed by atoms with Crippen LogP contribution in [0, 0.1) is 5.92 Å². The Morgan fingerprint density at radius 2 is 1.79 bits per heavy atom. The zero-order valence-electron chi connectivity index (χ0n) is 19.3. The Balaban J connectivity index is 1.33. The third-order valence-electron chi connectivity index (χ3n) is 5.54. The molecule has 0 spiro atoms. The number of anilines is 2. The van der Waals surface area contributed by atoms with Crippen LogP contribution in [-0.4, -0.2) is 49.5 Å². The molecule has 1 saturated heterocycles. The van der Waals surface area contributed by atoms with Crippen LogP contribution in [0.5, 0.6) is 5.75 Å². The number of nitrogens with zero attached hydrogens (tertiary/aromatic N) is 2. The van der Waals surface area contributed by atoms with Crippen molar-refractivity contribution in [3.63, 3.8) is 0 Å². The summed E-state index contributed by atoms with van der Waals surface area (Å²) in [5.74, 6) is 1.20. The van der Waals surface area contributed by atoms with Crippen molar-refractivity contribution in [2.24, 2.45) is 5.92 Å². The molecule has 0 radical (unpaired) electrons. The lowest BCUT2D eigenvalue weighted by atomic mass is 10.2. The Labute approximate surface area is 204 Å². The normalized spacial score (nSPS) is 13.8. The van der Waals surface area contributed by atoms with Crippen LogP contribution in [-0.2, 0) is 0 Å². The Hall–Kier alpha value is -3.45. The van der Waals surface area contributed by atoms with E-state index in [0.29, 0.717) is 60.7 Å². The number of ether oxygens (including phenoxy) is 1. The molecule has 0 unspecified atom stereocenters. The van der Waals surface area contributed by atoms with E-state index < -0.39 is 0 Å². The maximum absolute atomic E-state index is 12.6. The second-order valence-corrected chi connectivity index (χ2v) is 9.01. The van der Waals surface area contributed by atoms with Gasteiger partial charge in [-0.05, 0) is 60.5 Å². The van der Waals surface area contributed by atoms with E-state index in [9.17, 15) is 9.59 Å². The number of benzene rings is 2. The fourth-order valence-electron chi connectivity index (χ4n) is 3.72. The van der Waals surface area contributed by atoms with Crippen LogP contribution in [0.3, 0.4) is 0 Å². The van der Waals surface area contributed by atoms with Crippen LogP contribution in [0.15, 0.2) is 65.3 Å². The number of hydrogen-bond donors (Lipinski definition) is 1. The second-order valence-electron chi connectivity index (χ2n) is 8.61. The monoisotopic (exact) mass is 481 g/mol.